The van der Waals surface area contributed by atoms with Crippen LogP contribution in [0.3, 0.4) is 0 Å². The Bertz CT molecular complexity index is 548. The topological polar surface area (TPSA) is 64.9 Å². The van der Waals surface area contributed by atoms with Gasteiger partial charge in [-0.3, -0.25) is 0 Å². The number of nitrogens with zero attached hydrogens (tertiary/aromatic N) is 4. The SMILES string of the molecule is COCCNCc1nnc(-n2nc(C)c(C)c2C)s1. The number of ether oxygens (including phenoxy) is 1. The van der Waals surface area contributed by atoms with E-state index in [1.54, 1.807) is 18.4 Å². The molecular weight excluding hydrogens is 262 g/mol. The second kappa shape index (κ2) is 6.23. The summed E-state index contributed by atoms with van der Waals surface area (Å²) in [4.78, 5) is 0. The molecule has 7 heteroatoms. The lowest BCUT2D eigenvalue weighted by Crippen LogP contribution is -2.18. The van der Waals surface area contributed by atoms with Crippen LogP contribution in [0.5, 0.6) is 0 Å². The Labute approximate surface area is 116 Å². The van der Waals surface area contributed by atoms with E-state index in [2.05, 4.69) is 27.5 Å². The summed E-state index contributed by atoms with van der Waals surface area (Å²) in [6.07, 6.45) is 0. The minimum atomic E-state index is 0.697. The van der Waals surface area contributed by atoms with Crippen LogP contribution in [0.2, 0.25) is 0 Å². The van der Waals surface area contributed by atoms with Gasteiger partial charge in [-0.2, -0.15) is 5.10 Å². The lowest BCUT2D eigenvalue weighted by Gasteiger charge is -1.99. The van der Waals surface area contributed by atoms with Crippen molar-refractivity contribution in [2.24, 2.45) is 0 Å². The van der Waals surface area contributed by atoms with Crippen LogP contribution < -0.4 is 5.32 Å². The molecule has 104 valence electrons. The minimum Gasteiger partial charge on any atom is -0.383 e. The Hall–Kier alpha value is -1.31. The quantitative estimate of drug-likeness (QED) is 0.811. The number of nitrogens with one attached hydrogen (secondary N) is 1. The third kappa shape index (κ3) is 3.17. The lowest BCUT2D eigenvalue weighted by atomic mass is 10.2. The number of rotatable bonds is 6. The largest absolute Gasteiger partial charge is 0.383 e. The average Bonchev–Trinajstić information content (AvgIpc) is 2.96. The first-order chi connectivity index (χ1) is 9.13. The molecule has 0 amide bonds. The zero-order chi connectivity index (χ0) is 13.8. The van der Waals surface area contributed by atoms with Crippen molar-refractivity contribution in [1.29, 1.82) is 0 Å². The Morgan fingerprint density at radius 2 is 2.05 bits per heavy atom. The summed E-state index contributed by atoms with van der Waals surface area (Å²) in [5.41, 5.74) is 3.36. The van der Waals surface area contributed by atoms with Gasteiger partial charge >= 0.3 is 0 Å². The molecule has 0 aliphatic heterocycles. The van der Waals surface area contributed by atoms with Gasteiger partial charge in [-0.15, -0.1) is 10.2 Å². The summed E-state index contributed by atoms with van der Waals surface area (Å²) in [6, 6.07) is 0. The van der Waals surface area contributed by atoms with E-state index >= 15 is 0 Å². The molecule has 1 N–H and O–H groups in total. The van der Waals surface area contributed by atoms with Gasteiger partial charge in [0.1, 0.15) is 5.01 Å². The fourth-order valence-corrected chi connectivity index (χ4v) is 2.49. The average molecular weight is 281 g/mol. The van der Waals surface area contributed by atoms with Gasteiger partial charge in [0.25, 0.3) is 0 Å². The second-order valence-corrected chi connectivity index (χ2v) is 5.40. The van der Waals surface area contributed by atoms with Crippen molar-refractivity contribution in [3.63, 3.8) is 0 Å². The van der Waals surface area contributed by atoms with Crippen molar-refractivity contribution >= 4 is 11.3 Å². The number of hydrogen-bond donors (Lipinski definition) is 1. The van der Waals surface area contributed by atoms with Crippen LogP contribution in [-0.2, 0) is 11.3 Å². The van der Waals surface area contributed by atoms with Gasteiger partial charge in [-0.25, -0.2) is 4.68 Å². The molecule has 6 nitrogen and oxygen atoms in total. The normalized spacial score (nSPS) is 11.2. The highest BCUT2D eigenvalue weighted by molar-refractivity contribution is 7.13. The predicted molar refractivity (Wildman–Crippen MR) is 74.8 cm³/mol. The Morgan fingerprint density at radius 1 is 1.26 bits per heavy atom. The van der Waals surface area contributed by atoms with Crippen molar-refractivity contribution in [2.45, 2.75) is 27.3 Å². The van der Waals surface area contributed by atoms with Crippen molar-refractivity contribution in [3.05, 3.63) is 22.0 Å². The molecule has 2 rings (SSSR count). The molecule has 0 spiro atoms. The number of methoxy groups -OCH3 is 1. The third-order valence-corrected chi connectivity index (χ3v) is 3.95. The fourth-order valence-electron chi connectivity index (χ4n) is 1.68. The van der Waals surface area contributed by atoms with Crippen LogP contribution in [0.4, 0.5) is 0 Å². The van der Waals surface area contributed by atoms with Crippen molar-refractivity contribution in [3.8, 4) is 5.13 Å². The molecule has 0 radical (unpaired) electrons. The van der Waals surface area contributed by atoms with Gasteiger partial charge in [0.15, 0.2) is 0 Å². The highest BCUT2D eigenvalue weighted by atomic mass is 32.1. The molecule has 0 atom stereocenters. The number of hydrogen-bond acceptors (Lipinski definition) is 6. The molecule has 0 fully saturated rings. The van der Waals surface area contributed by atoms with Gasteiger partial charge < -0.3 is 10.1 Å². The Morgan fingerprint density at radius 3 is 2.68 bits per heavy atom. The van der Waals surface area contributed by atoms with Gasteiger partial charge in [0, 0.05) is 25.9 Å². The van der Waals surface area contributed by atoms with E-state index in [-0.39, 0.29) is 0 Å². The van der Waals surface area contributed by atoms with Gasteiger partial charge in [-0.1, -0.05) is 11.3 Å². The highest BCUT2D eigenvalue weighted by Gasteiger charge is 2.12. The molecule has 19 heavy (non-hydrogen) atoms. The molecule has 0 saturated carbocycles. The summed E-state index contributed by atoms with van der Waals surface area (Å²) in [5, 5.41) is 17.9. The first kappa shape index (κ1) is 14.1. The fraction of sp³-hybridized carbons (Fsp3) is 0.583. The molecule has 0 aliphatic rings. The van der Waals surface area contributed by atoms with Gasteiger partial charge in [0.2, 0.25) is 5.13 Å². The molecule has 0 unspecified atom stereocenters. The monoisotopic (exact) mass is 281 g/mol. The molecule has 0 aliphatic carbocycles. The summed E-state index contributed by atoms with van der Waals surface area (Å²) in [6.45, 7) is 8.34. The molecule has 0 bridgehead atoms. The zero-order valence-corrected chi connectivity index (χ0v) is 12.5. The maximum Gasteiger partial charge on any atom is 0.233 e. The van der Waals surface area contributed by atoms with Crippen molar-refractivity contribution in [1.82, 2.24) is 25.3 Å². The molecular formula is C12H19N5OS. The van der Waals surface area contributed by atoms with E-state index in [0.717, 1.165) is 28.1 Å². The third-order valence-electron chi connectivity index (χ3n) is 3.05. The second-order valence-electron chi connectivity index (χ2n) is 4.36. The molecule has 0 saturated heterocycles. The summed E-state index contributed by atoms with van der Waals surface area (Å²) >= 11 is 1.56. The zero-order valence-electron chi connectivity index (χ0n) is 11.7. The molecule has 0 aromatic carbocycles. The lowest BCUT2D eigenvalue weighted by molar-refractivity contribution is 0.199. The predicted octanol–water partition coefficient (Wildman–Crippen LogP) is 1.39. The van der Waals surface area contributed by atoms with Crippen LogP contribution in [0.15, 0.2) is 0 Å². The van der Waals surface area contributed by atoms with Crippen LogP contribution in [0.25, 0.3) is 5.13 Å². The summed E-state index contributed by atoms with van der Waals surface area (Å²) in [7, 11) is 1.69. The Balaban J connectivity index is 2.06. The van der Waals surface area contributed by atoms with E-state index in [4.69, 9.17) is 4.74 Å². The van der Waals surface area contributed by atoms with E-state index in [9.17, 15) is 0 Å². The summed E-state index contributed by atoms with van der Waals surface area (Å²) in [5.74, 6) is 0. The van der Waals surface area contributed by atoms with Crippen molar-refractivity contribution < 1.29 is 4.74 Å². The maximum atomic E-state index is 4.98. The summed E-state index contributed by atoms with van der Waals surface area (Å²) < 4.78 is 6.84. The maximum absolute atomic E-state index is 4.98. The van der Waals surface area contributed by atoms with E-state index in [0.29, 0.717) is 13.2 Å². The minimum absolute atomic E-state index is 0.697. The van der Waals surface area contributed by atoms with Crippen LogP contribution in [0.1, 0.15) is 22.0 Å². The van der Waals surface area contributed by atoms with E-state index < -0.39 is 0 Å². The van der Waals surface area contributed by atoms with Gasteiger partial charge in [0.05, 0.1) is 12.3 Å². The van der Waals surface area contributed by atoms with Crippen LogP contribution in [-0.4, -0.2) is 40.2 Å². The van der Waals surface area contributed by atoms with Crippen LogP contribution >= 0.6 is 11.3 Å². The van der Waals surface area contributed by atoms with E-state index in [1.807, 2.05) is 18.5 Å². The van der Waals surface area contributed by atoms with E-state index in [1.165, 1.54) is 5.56 Å². The van der Waals surface area contributed by atoms with Crippen molar-refractivity contribution in [2.75, 3.05) is 20.3 Å². The molecule has 2 heterocycles. The highest BCUT2D eigenvalue weighted by Crippen LogP contribution is 2.19. The number of aromatic nitrogens is 4. The van der Waals surface area contributed by atoms with Crippen LogP contribution in [0, 0.1) is 20.8 Å². The number of aryl methyl sites for hydroxylation is 1. The molecule has 2 aromatic rings. The molecule has 2 aromatic heterocycles. The van der Waals surface area contributed by atoms with Gasteiger partial charge in [-0.05, 0) is 26.3 Å². The standard InChI is InChI=1S/C12H19N5OS/c1-8-9(2)16-17(10(8)3)12-15-14-11(19-12)7-13-5-6-18-4/h13H,5-7H2,1-4H3. The smallest absolute Gasteiger partial charge is 0.233 e. The Kier molecular flexibility index (Phi) is 4.62. The first-order valence-corrected chi connectivity index (χ1v) is 7.00. The first-order valence-electron chi connectivity index (χ1n) is 6.18.